The van der Waals surface area contributed by atoms with E-state index in [1.807, 2.05) is 36.4 Å². The fourth-order valence-corrected chi connectivity index (χ4v) is 5.06. The number of ether oxygens (including phenoxy) is 1. The molecule has 7 heteroatoms. The Labute approximate surface area is 188 Å². The lowest BCUT2D eigenvalue weighted by Crippen LogP contribution is -2.20. The predicted molar refractivity (Wildman–Crippen MR) is 122 cm³/mol. The van der Waals surface area contributed by atoms with Crippen LogP contribution >= 0.6 is 22.9 Å². The van der Waals surface area contributed by atoms with Crippen LogP contribution in [0.4, 0.5) is 0 Å². The van der Waals surface area contributed by atoms with Crippen LogP contribution in [0.3, 0.4) is 0 Å². The van der Waals surface area contributed by atoms with Gasteiger partial charge >= 0.3 is 0 Å². The minimum Gasteiger partial charge on any atom is -0.394 e. The van der Waals surface area contributed by atoms with E-state index in [0.717, 1.165) is 30.0 Å². The van der Waals surface area contributed by atoms with Gasteiger partial charge in [0.05, 0.1) is 35.4 Å². The zero-order valence-corrected chi connectivity index (χ0v) is 19.1. The quantitative estimate of drug-likeness (QED) is 0.267. The van der Waals surface area contributed by atoms with E-state index in [9.17, 15) is 15.3 Å². The Hall–Kier alpha value is -0.730. The van der Waals surface area contributed by atoms with Crippen molar-refractivity contribution in [3.05, 3.63) is 45.7 Å². The largest absolute Gasteiger partial charge is 0.394 e. The molecule has 0 radical (unpaired) electrons. The molecule has 1 aliphatic carbocycles. The average molecular weight is 459 g/mol. The smallest absolute Gasteiger partial charge is 0.0931 e. The number of thiophene rings is 1. The first-order chi connectivity index (χ1) is 14.4. The van der Waals surface area contributed by atoms with Gasteiger partial charge in [0.1, 0.15) is 0 Å². The van der Waals surface area contributed by atoms with Gasteiger partial charge in [-0.2, -0.15) is 0 Å². The van der Waals surface area contributed by atoms with Crippen molar-refractivity contribution in [2.45, 2.75) is 69.4 Å². The molecular formula is C23H35ClO5S. The molecule has 0 aliphatic heterocycles. The van der Waals surface area contributed by atoms with Crippen LogP contribution in [0.25, 0.3) is 0 Å². The summed E-state index contributed by atoms with van der Waals surface area (Å²) in [6, 6.07) is 3.94. The molecule has 1 unspecified atom stereocenters. The van der Waals surface area contributed by atoms with Gasteiger partial charge in [0.25, 0.3) is 0 Å². The number of aryl methyl sites for hydroxylation is 1. The van der Waals surface area contributed by atoms with E-state index in [-0.39, 0.29) is 24.5 Å². The van der Waals surface area contributed by atoms with Crippen molar-refractivity contribution in [3.63, 3.8) is 0 Å². The van der Waals surface area contributed by atoms with Crippen molar-refractivity contribution in [2.75, 3.05) is 13.7 Å². The maximum absolute atomic E-state index is 10.4. The Balaban J connectivity index is 1.84. The van der Waals surface area contributed by atoms with Gasteiger partial charge in [-0.25, -0.2) is 0 Å². The molecule has 30 heavy (non-hydrogen) atoms. The molecule has 1 heterocycles. The Bertz CT molecular complexity index is 662. The second-order valence-electron chi connectivity index (χ2n) is 7.99. The topological polar surface area (TPSA) is 90.2 Å². The van der Waals surface area contributed by atoms with E-state index in [2.05, 4.69) is 0 Å². The minimum absolute atomic E-state index is 0.0239. The standard InChI is InChI=1S/C23H35ClO5S/c1-29-17(8-10-18-11-13-23(24)30-18)9-12-20-19(21(27)14-22(20)28)7-5-3-2-4-6-16(26)15-25/h3,5,9,11-13,16-17,19-22,25-28H,2,4,6-8,10,14-15H2,1H3/b5-3-,12-9+/t16?,17-,19+,20+,21-,22+/m0/s1. The van der Waals surface area contributed by atoms with Crippen LogP contribution in [-0.2, 0) is 11.2 Å². The van der Waals surface area contributed by atoms with Crippen LogP contribution in [-0.4, -0.2) is 58.6 Å². The number of hydrogen-bond donors (Lipinski definition) is 4. The zero-order chi connectivity index (χ0) is 21.9. The number of halogens is 1. The van der Waals surface area contributed by atoms with Crippen LogP contribution in [0.15, 0.2) is 36.4 Å². The molecule has 170 valence electrons. The highest BCUT2D eigenvalue weighted by molar-refractivity contribution is 7.16. The van der Waals surface area contributed by atoms with Crippen LogP contribution < -0.4 is 0 Å². The summed E-state index contributed by atoms with van der Waals surface area (Å²) in [5, 5.41) is 39.0. The van der Waals surface area contributed by atoms with E-state index in [1.54, 1.807) is 18.4 Å². The summed E-state index contributed by atoms with van der Waals surface area (Å²) in [4.78, 5) is 1.22. The maximum Gasteiger partial charge on any atom is 0.0931 e. The molecule has 1 saturated carbocycles. The lowest BCUT2D eigenvalue weighted by molar-refractivity contribution is 0.0868. The predicted octanol–water partition coefficient (Wildman–Crippen LogP) is 3.73. The Morgan fingerprint density at radius 3 is 2.70 bits per heavy atom. The second-order valence-corrected chi connectivity index (χ2v) is 9.79. The fraction of sp³-hybridized carbons (Fsp3) is 0.652. The highest BCUT2D eigenvalue weighted by Crippen LogP contribution is 2.36. The highest BCUT2D eigenvalue weighted by Gasteiger charge is 2.39. The van der Waals surface area contributed by atoms with E-state index >= 15 is 0 Å². The van der Waals surface area contributed by atoms with Crippen molar-refractivity contribution in [3.8, 4) is 0 Å². The molecule has 0 aromatic carbocycles. The van der Waals surface area contributed by atoms with Crippen LogP contribution in [0.2, 0.25) is 4.34 Å². The molecule has 5 nitrogen and oxygen atoms in total. The van der Waals surface area contributed by atoms with Gasteiger partial charge in [0, 0.05) is 24.3 Å². The summed E-state index contributed by atoms with van der Waals surface area (Å²) in [5.74, 6) is -0.126. The number of allylic oxidation sites excluding steroid dienone is 2. The van der Waals surface area contributed by atoms with Gasteiger partial charge in [-0.15, -0.1) is 11.3 Å². The summed E-state index contributed by atoms with van der Waals surface area (Å²) in [6.45, 7) is -0.201. The van der Waals surface area contributed by atoms with Crippen molar-refractivity contribution < 1.29 is 25.2 Å². The molecule has 0 spiro atoms. The molecule has 0 amide bonds. The van der Waals surface area contributed by atoms with E-state index in [4.69, 9.17) is 21.4 Å². The molecule has 1 aromatic rings. The van der Waals surface area contributed by atoms with Crippen LogP contribution in [0.5, 0.6) is 0 Å². The summed E-state index contributed by atoms with van der Waals surface area (Å²) < 4.78 is 6.37. The van der Waals surface area contributed by atoms with Crippen LogP contribution in [0, 0.1) is 11.8 Å². The summed E-state index contributed by atoms with van der Waals surface area (Å²) in [6.07, 6.45) is 11.3. The first-order valence-electron chi connectivity index (χ1n) is 10.7. The number of hydrogen-bond acceptors (Lipinski definition) is 6. The molecule has 6 atom stereocenters. The third kappa shape index (κ3) is 8.42. The first kappa shape index (κ1) is 25.5. The van der Waals surface area contributed by atoms with Gasteiger partial charge in [-0.3, -0.25) is 0 Å². The zero-order valence-electron chi connectivity index (χ0n) is 17.6. The molecule has 0 bridgehead atoms. The third-order valence-electron chi connectivity index (χ3n) is 5.76. The van der Waals surface area contributed by atoms with Crippen molar-refractivity contribution in [2.24, 2.45) is 11.8 Å². The normalized spacial score (nSPS) is 26.7. The monoisotopic (exact) mass is 458 g/mol. The molecule has 1 aromatic heterocycles. The molecule has 0 saturated heterocycles. The molecule has 4 N–H and O–H groups in total. The van der Waals surface area contributed by atoms with Gasteiger partial charge in [0.15, 0.2) is 0 Å². The molecule has 1 fully saturated rings. The Kier molecular flexibility index (Phi) is 11.6. The molecular weight excluding hydrogens is 424 g/mol. The number of aliphatic hydroxyl groups is 4. The SMILES string of the molecule is CO[C@H](/C=C/[C@@H]1[C@@H](C/C=C\CCCC(O)CO)[C@@H](O)C[C@H]1O)CCc1ccc(Cl)s1. The van der Waals surface area contributed by atoms with Gasteiger partial charge in [0.2, 0.25) is 0 Å². The Morgan fingerprint density at radius 1 is 1.23 bits per heavy atom. The van der Waals surface area contributed by atoms with Gasteiger partial charge in [-0.1, -0.05) is 35.9 Å². The minimum atomic E-state index is -0.648. The molecule has 1 aliphatic rings. The Morgan fingerprint density at radius 2 is 2.03 bits per heavy atom. The first-order valence-corrected chi connectivity index (χ1v) is 11.9. The summed E-state index contributed by atoms with van der Waals surface area (Å²) in [5.41, 5.74) is 0. The number of rotatable bonds is 13. The summed E-state index contributed by atoms with van der Waals surface area (Å²) in [7, 11) is 1.68. The lowest BCUT2D eigenvalue weighted by atomic mass is 9.89. The third-order valence-corrected chi connectivity index (χ3v) is 7.06. The average Bonchev–Trinajstić information content (AvgIpc) is 3.26. The van der Waals surface area contributed by atoms with Crippen molar-refractivity contribution in [1.29, 1.82) is 0 Å². The van der Waals surface area contributed by atoms with Gasteiger partial charge < -0.3 is 25.2 Å². The maximum atomic E-state index is 10.4. The highest BCUT2D eigenvalue weighted by atomic mass is 35.5. The number of aliphatic hydroxyl groups excluding tert-OH is 4. The number of unbranched alkanes of at least 4 members (excludes halogenated alkanes) is 1. The van der Waals surface area contributed by atoms with Crippen molar-refractivity contribution >= 4 is 22.9 Å². The van der Waals surface area contributed by atoms with Crippen LogP contribution in [0.1, 0.15) is 43.4 Å². The van der Waals surface area contributed by atoms with E-state index in [0.29, 0.717) is 19.3 Å². The second kappa shape index (κ2) is 13.6. The van der Waals surface area contributed by atoms with Crippen molar-refractivity contribution in [1.82, 2.24) is 0 Å². The fourth-order valence-electron chi connectivity index (χ4n) is 3.96. The van der Waals surface area contributed by atoms with E-state index < -0.39 is 18.3 Å². The lowest BCUT2D eigenvalue weighted by Gasteiger charge is -2.20. The summed E-state index contributed by atoms with van der Waals surface area (Å²) >= 11 is 7.57. The number of methoxy groups -OCH3 is 1. The van der Waals surface area contributed by atoms with E-state index in [1.165, 1.54) is 4.88 Å². The van der Waals surface area contributed by atoms with Gasteiger partial charge in [-0.05, 0) is 56.6 Å². The molecule has 2 rings (SSSR count).